The number of nitrogens with one attached hydrogen (secondary N) is 1. The molecule has 0 unspecified atom stereocenters. The van der Waals surface area contributed by atoms with Gasteiger partial charge in [-0.3, -0.25) is 9.78 Å². The average Bonchev–Trinajstić information content (AvgIpc) is 3.05. The number of hydrogen-bond donors (Lipinski definition) is 1. The molecule has 3 aromatic rings. The first kappa shape index (κ1) is 15.0. The van der Waals surface area contributed by atoms with E-state index in [4.69, 9.17) is 0 Å². The molecule has 0 saturated heterocycles. The molecule has 0 bridgehead atoms. The third-order valence-corrected chi connectivity index (χ3v) is 3.52. The Morgan fingerprint density at radius 3 is 2.70 bits per heavy atom. The number of benzene rings is 1. The highest BCUT2D eigenvalue weighted by Gasteiger charge is 2.14. The fourth-order valence-electron chi connectivity index (χ4n) is 2.29. The highest BCUT2D eigenvalue weighted by atomic mass is 16.2. The van der Waals surface area contributed by atoms with Crippen LogP contribution in [0.15, 0.2) is 60.9 Å². The highest BCUT2D eigenvalue weighted by Crippen LogP contribution is 2.22. The average molecular weight is 306 g/mol. The standard InChI is InChI=1S/C18H18N4O/c1-2-18(23)22-17(20-12-14-7-4-3-5-8-14)11-16(21-22)15-9-6-10-19-13-15/h3-11,13,20H,2,12H2,1H3. The Morgan fingerprint density at radius 1 is 1.17 bits per heavy atom. The zero-order valence-electron chi connectivity index (χ0n) is 12.9. The summed E-state index contributed by atoms with van der Waals surface area (Å²) in [4.78, 5) is 16.2. The van der Waals surface area contributed by atoms with Gasteiger partial charge >= 0.3 is 0 Å². The molecule has 0 spiro atoms. The molecule has 0 amide bonds. The summed E-state index contributed by atoms with van der Waals surface area (Å²) in [6.07, 6.45) is 3.85. The molecule has 1 N–H and O–H groups in total. The summed E-state index contributed by atoms with van der Waals surface area (Å²) in [5.41, 5.74) is 2.76. The molecule has 3 rings (SSSR count). The number of carbonyl (C=O) groups is 1. The minimum Gasteiger partial charge on any atom is -0.366 e. The predicted octanol–water partition coefficient (Wildman–Crippen LogP) is 3.61. The molecule has 0 radical (unpaired) electrons. The Morgan fingerprint density at radius 2 is 2.00 bits per heavy atom. The van der Waals surface area contributed by atoms with Gasteiger partial charge in [-0.2, -0.15) is 9.78 Å². The number of hydrogen-bond acceptors (Lipinski definition) is 4. The molecule has 5 heteroatoms. The van der Waals surface area contributed by atoms with Crippen molar-refractivity contribution in [2.45, 2.75) is 19.9 Å². The minimum absolute atomic E-state index is 0.0456. The van der Waals surface area contributed by atoms with Crippen LogP contribution < -0.4 is 5.32 Å². The lowest BCUT2D eigenvalue weighted by Gasteiger charge is -2.07. The van der Waals surface area contributed by atoms with E-state index in [9.17, 15) is 4.79 Å². The van der Waals surface area contributed by atoms with Crippen molar-refractivity contribution in [3.8, 4) is 11.3 Å². The number of anilines is 1. The van der Waals surface area contributed by atoms with Crippen molar-refractivity contribution in [3.63, 3.8) is 0 Å². The monoisotopic (exact) mass is 306 g/mol. The molecule has 0 aliphatic rings. The first-order valence-electron chi connectivity index (χ1n) is 7.59. The summed E-state index contributed by atoms with van der Waals surface area (Å²) in [6.45, 7) is 2.46. The van der Waals surface area contributed by atoms with Gasteiger partial charge in [-0.1, -0.05) is 37.3 Å². The van der Waals surface area contributed by atoms with Gasteiger partial charge in [-0.15, -0.1) is 0 Å². The molecule has 116 valence electrons. The van der Waals surface area contributed by atoms with E-state index in [0.717, 1.165) is 16.8 Å². The maximum atomic E-state index is 12.1. The zero-order valence-corrected chi connectivity index (χ0v) is 12.9. The van der Waals surface area contributed by atoms with Crippen LogP contribution in [0.25, 0.3) is 11.3 Å². The van der Waals surface area contributed by atoms with Gasteiger partial charge < -0.3 is 5.32 Å². The molecular weight excluding hydrogens is 288 g/mol. The number of rotatable bonds is 5. The SMILES string of the molecule is CCC(=O)n1nc(-c2cccnc2)cc1NCc1ccccc1. The number of nitrogens with zero attached hydrogens (tertiary/aromatic N) is 3. The first-order valence-corrected chi connectivity index (χ1v) is 7.59. The van der Waals surface area contributed by atoms with Gasteiger partial charge in [0.2, 0.25) is 5.91 Å². The maximum absolute atomic E-state index is 12.1. The third kappa shape index (κ3) is 3.45. The van der Waals surface area contributed by atoms with Crippen LogP contribution in [0.2, 0.25) is 0 Å². The van der Waals surface area contributed by atoms with Crippen molar-refractivity contribution in [1.82, 2.24) is 14.8 Å². The van der Waals surface area contributed by atoms with E-state index in [0.29, 0.717) is 18.8 Å². The van der Waals surface area contributed by atoms with Crippen molar-refractivity contribution in [2.24, 2.45) is 0 Å². The summed E-state index contributed by atoms with van der Waals surface area (Å²) < 4.78 is 1.44. The molecule has 0 atom stereocenters. The van der Waals surface area contributed by atoms with Crippen LogP contribution in [-0.4, -0.2) is 20.7 Å². The molecule has 0 saturated carbocycles. The minimum atomic E-state index is -0.0456. The summed E-state index contributed by atoms with van der Waals surface area (Å²) in [7, 11) is 0. The highest BCUT2D eigenvalue weighted by molar-refractivity contribution is 5.82. The van der Waals surface area contributed by atoms with Crippen LogP contribution in [0.5, 0.6) is 0 Å². The largest absolute Gasteiger partial charge is 0.366 e. The van der Waals surface area contributed by atoms with Gasteiger partial charge in [0, 0.05) is 37.0 Å². The molecule has 1 aromatic carbocycles. The molecule has 0 aliphatic heterocycles. The van der Waals surface area contributed by atoms with E-state index in [2.05, 4.69) is 15.4 Å². The second kappa shape index (κ2) is 6.87. The van der Waals surface area contributed by atoms with Gasteiger partial charge in [0.1, 0.15) is 5.82 Å². The van der Waals surface area contributed by atoms with Crippen molar-refractivity contribution in [3.05, 3.63) is 66.5 Å². The Hall–Kier alpha value is -2.95. The molecule has 5 nitrogen and oxygen atoms in total. The summed E-state index contributed by atoms with van der Waals surface area (Å²) in [5.74, 6) is 0.648. The normalized spacial score (nSPS) is 10.5. The number of carbonyl (C=O) groups excluding carboxylic acids is 1. The Bertz CT molecular complexity index is 781. The summed E-state index contributed by atoms with van der Waals surface area (Å²) in [5, 5.41) is 7.72. The van der Waals surface area contributed by atoms with Crippen molar-refractivity contribution < 1.29 is 4.79 Å². The van der Waals surface area contributed by atoms with Gasteiger partial charge in [-0.25, -0.2) is 0 Å². The van der Waals surface area contributed by atoms with E-state index >= 15 is 0 Å². The lowest BCUT2D eigenvalue weighted by atomic mass is 10.2. The van der Waals surface area contributed by atoms with E-state index in [-0.39, 0.29) is 5.91 Å². The molecule has 0 fully saturated rings. The van der Waals surface area contributed by atoms with Gasteiger partial charge in [0.15, 0.2) is 0 Å². The fraction of sp³-hybridized carbons (Fsp3) is 0.167. The van der Waals surface area contributed by atoms with Crippen molar-refractivity contribution in [2.75, 3.05) is 5.32 Å². The Labute approximate surface area is 135 Å². The van der Waals surface area contributed by atoms with Crippen LogP contribution in [0.1, 0.15) is 23.7 Å². The zero-order chi connectivity index (χ0) is 16.1. The van der Waals surface area contributed by atoms with Crippen LogP contribution in [-0.2, 0) is 6.54 Å². The summed E-state index contributed by atoms with van der Waals surface area (Å²) >= 11 is 0. The van der Waals surface area contributed by atoms with Crippen LogP contribution in [0.4, 0.5) is 5.82 Å². The Kier molecular flexibility index (Phi) is 4.47. The Balaban J connectivity index is 1.88. The number of pyridine rings is 1. The quantitative estimate of drug-likeness (QED) is 0.782. The van der Waals surface area contributed by atoms with Crippen molar-refractivity contribution >= 4 is 11.7 Å². The second-order valence-corrected chi connectivity index (χ2v) is 5.15. The molecule has 0 aliphatic carbocycles. The third-order valence-electron chi connectivity index (χ3n) is 3.52. The maximum Gasteiger partial charge on any atom is 0.248 e. The van der Waals surface area contributed by atoms with Gasteiger partial charge in [0.05, 0.1) is 5.69 Å². The van der Waals surface area contributed by atoms with E-state index in [1.165, 1.54) is 4.68 Å². The van der Waals surface area contributed by atoms with E-state index < -0.39 is 0 Å². The van der Waals surface area contributed by atoms with Crippen LogP contribution >= 0.6 is 0 Å². The first-order chi connectivity index (χ1) is 11.3. The topological polar surface area (TPSA) is 59.8 Å². The van der Waals surface area contributed by atoms with Gasteiger partial charge in [-0.05, 0) is 17.7 Å². The number of aromatic nitrogens is 3. The van der Waals surface area contributed by atoms with Crippen LogP contribution in [0.3, 0.4) is 0 Å². The second-order valence-electron chi connectivity index (χ2n) is 5.15. The lowest BCUT2D eigenvalue weighted by Crippen LogP contribution is -2.15. The molecular formula is C18H18N4O. The predicted molar refractivity (Wildman–Crippen MR) is 90.1 cm³/mol. The summed E-state index contributed by atoms with van der Waals surface area (Å²) in [6, 6.07) is 15.7. The fourth-order valence-corrected chi connectivity index (χ4v) is 2.29. The van der Waals surface area contributed by atoms with Crippen LogP contribution in [0, 0.1) is 0 Å². The van der Waals surface area contributed by atoms with Gasteiger partial charge in [0.25, 0.3) is 0 Å². The molecule has 23 heavy (non-hydrogen) atoms. The smallest absolute Gasteiger partial charge is 0.248 e. The molecule has 2 aromatic heterocycles. The molecule has 2 heterocycles. The van der Waals surface area contributed by atoms with Crippen molar-refractivity contribution in [1.29, 1.82) is 0 Å². The van der Waals surface area contributed by atoms with E-state index in [1.807, 2.05) is 55.5 Å². The lowest BCUT2D eigenvalue weighted by molar-refractivity contribution is 0.0896. The van der Waals surface area contributed by atoms with E-state index in [1.54, 1.807) is 12.4 Å².